The third kappa shape index (κ3) is 4.79. The summed E-state index contributed by atoms with van der Waals surface area (Å²) in [5, 5.41) is 6.98. The van der Waals surface area contributed by atoms with Gasteiger partial charge in [-0.3, -0.25) is 9.48 Å². The van der Waals surface area contributed by atoms with Gasteiger partial charge in [-0.2, -0.15) is 5.10 Å². The van der Waals surface area contributed by atoms with Crippen molar-refractivity contribution in [3.63, 3.8) is 0 Å². The minimum atomic E-state index is -0.571. The number of rotatable bonds is 5. The van der Waals surface area contributed by atoms with Crippen LogP contribution in [0.15, 0.2) is 24.3 Å². The molecule has 0 aliphatic rings. The van der Waals surface area contributed by atoms with Crippen LogP contribution in [0.2, 0.25) is 0 Å². The van der Waals surface area contributed by atoms with Gasteiger partial charge < -0.3 is 10.1 Å². The molecule has 1 aromatic carbocycles. The molecule has 0 saturated heterocycles. The van der Waals surface area contributed by atoms with Crippen LogP contribution in [0.4, 0.5) is 5.69 Å². The number of amides is 1. The lowest BCUT2D eigenvalue weighted by Crippen LogP contribution is -2.20. The van der Waals surface area contributed by atoms with Crippen LogP contribution in [-0.2, 0) is 21.4 Å². The van der Waals surface area contributed by atoms with Crippen LogP contribution in [0, 0.1) is 27.7 Å². The first kappa shape index (κ1) is 18.4. The van der Waals surface area contributed by atoms with Crippen LogP contribution < -0.4 is 5.32 Å². The fourth-order valence-corrected chi connectivity index (χ4v) is 2.38. The molecule has 2 aromatic rings. The Balaban J connectivity index is 1.87. The third-order valence-corrected chi connectivity index (χ3v) is 4.09. The van der Waals surface area contributed by atoms with E-state index in [0.717, 1.165) is 28.1 Å². The highest BCUT2D eigenvalue weighted by Gasteiger charge is 2.09. The van der Waals surface area contributed by atoms with Crippen LogP contribution in [0.25, 0.3) is 6.08 Å². The van der Waals surface area contributed by atoms with Crippen molar-refractivity contribution < 1.29 is 14.3 Å². The summed E-state index contributed by atoms with van der Waals surface area (Å²) >= 11 is 0. The number of hydrogen-bond acceptors (Lipinski definition) is 4. The molecule has 0 atom stereocenters. The predicted molar refractivity (Wildman–Crippen MR) is 97.2 cm³/mol. The topological polar surface area (TPSA) is 73.2 Å². The molecule has 0 spiro atoms. The molecule has 6 nitrogen and oxygen atoms in total. The lowest BCUT2D eigenvalue weighted by molar-refractivity contribution is -0.142. The highest BCUT2D eigenvalue weighted by molar-refractivity contribution is 5.94. The lowest BCUT2D eigenvalue weighted by atomic mass is 10.1. The standard InChI is InChI=1S/C19H23N3O3/c1-12-6-7-16(10-13(12)2)20-18(23)11-25-19(24)9-8-17-14(3)21-22(5)15(17)4/h6-10H,11H2,1-5H3,(H,20,23)/b9-8+. The van der Waals surface area contributed by atoms with E-state index in [1.807, 2.05) is 52.9 Å². The second kappa shape index (κ2) is 7.79. The normalized spacial score (nSPS) is 10.9. The smallest absolute Gasteiger partial charge is 0.331 e. The lowest BCUT2D eigenvalue weighted by Gasteiger charge is -2.07. The maximum atomic E-state index is 11.9. The van der Waals surface area contributed by atoms with Crippen molar-refractivity contribution in [3.8, 4) is 0 Å². The molecule has 1 aromatic heterocycles. The fourth-order valence-electron chi connectivity index (χ4n) is 2.38. The Labute approximate surface area is 147 Å². The molecule has 1 heterocycles. The van der Waals surface area contributed by atoms with Gasteiger partial charge in [0.05, 0.1) is 5.69 Å². The van der Waals surface area contributed by atoms with Gasteiger partial charge in [-0.15, -0.1) is 0 Å². The Kier molecular flexibility index (Phi) is 5.75. The van der Waals surface area contributed by atoms with E-state index < -0.39 is 5.97 Å². The van der Waals surface area contributed by atoms with E-state index in [2.05, 4.69) is 10.4 Å². The fraction of sp³-hybridized carbons (Fsp3) is 0.316. The van der Waals surface area contributed by atoms with E-state index in [1.165, 1.54) is 6.08 Å². The first-order chi connectivity index (χ1) is 11.8. The molecule has 25 heavy (non-hydrogen) atoms. The first-order valence-corrected chi connectivity index (χ1v) is 8.00. The minimum absolute atomic E-state index is 0.332. The van der Waals surface area contributed by atoms with Gasteiger partial charge in [0.2, 0.25) is 0 Å². The Hall–Kier alpha value is -2.89. The summed E-state index contributed by atoms with van der Waals surface area (Å²) in [6.07, 6.45) is 2.96. The van der Waals surface area contributed by atoms with Gasteiger partial charge in [-0.05, 0) is 57.0 Å². The summed E-state index contributed by atoms with van der Waals surface area (Å²) in [6, 6.07) is 5.62. The summed E-state index contributed by atoms with van der Waals surface area (Å²) < 4.78 is 6.72. The minimum Gasteiger partial charge on any atom is -0.452 e. The monoisotopic (exact) mass is 341 g/mol. The van der Waals surface area contributed by atoms with Crippen LogP contribution in [0.1, 0.15) is 28.1 Å². The van der Waals surface area contributed by atoms with E-state index in [-0.39, 0.29) is 12.5 Å². The molecule has 0 fully saturated rings. The molecular weight excluding hydrogens is 318 g/mol. The van der Waals surface area contributed by atoms with E-state index in [4.69, 9.17) is 4.74 Å². The molecule has 0 radical (unpaired) electrons. The van der Waals surface area contributed by atoms with Crippen LogP contribution in [0.5, 0.6) is 0 Å². The van der Waals surface area contributed by atoms with Gasteiger partial charge >= 0.3 is 5.97 Å². The SMILES string of the molecule is Cc1ccc(NC(=O)COC(=O)/C=C/c2c(C)nn(C)c2C)cc1C. The largest absolute Gasteiger partial charge is 0.452 e. The molecule has 1 N–H and O–H groups in total. The number of nitrogens with zero attached hydrogens (tertiary/aromatic N) is 2. The summed E-state index contributed by atoms with van der Waals surface area (Å²) in [7, 11) is 1.84. The Morgan fingerprint density at radius 1 is 1.20 bits per heavy atom. The van der Waals surface area contributed by atoms with Crippen molar-refractivity contribution >= 4 is 23.6 Å². The van der Waals surface area contributed by atoms with Crippen LogP contribution >= 0.6 is 0 Å². The van der Waals surface area contributed by atoms with Gasteiger partial charge in [0, 0.05) is 30.1 Å². The number of esters is 1. The molecule has 6 heteroatoms. The zero-order chi connectivity index (χ0) is 18.6. The van der Waals surface area contributed by atoms with Gasteiger partial charge in [0.1, 0.15) is 0 Å². The Bertz CT molecular complexity index is 835. The van der Waals surface area contributed by atoms with E-state index in [1.54, 1.807) is 10.8 Å². The van der Waals surface area contributed by atoms with Crippen molar-refractivity contribution in [2.24, 2.45) is 7.05 Å². The average Bonchev–Trinajstić information content (AvgIpc) is 2.79. The highest BCUT2D eigenvalue weighted by Crippen LogP contribution is 2.15. The molecule has 0 aliphatic carbocycles. The van der Waals surface area contributed by atoms with Gasteiger partial charge in [0.15, 0.2) is 6.61 Å². The van der Waals surface area contributed by atoms with Gasteiger partial charge in [-0.1, -0.05) is 6.07 Å². The number of benzene rings is 1. The molecule has 1 amide bonds. The second-order valence-electron chi connectivity index (χ2n) is 6.00. The molecule has 0 aliphatic heterocycles. The zero-order valence-corrected chi connectivity index (χ0v) is 15.2. The number of nitrogens with one attached hydrogen (secondary N) is 1. The summed E-state index contributed by atoms with van der Waals surface area (Å²) in [5.41, 5.74) is 5.57. The number of carbonyl (C=O) groups excluding carboxylic acids is 2. The molecule has 0 saturated carbocycles. The highest BCUT2D eigenvalue weighted by atomic mass is 16.5. The number of hydrogen-bond donors (Lipinski definition) is 1. The number of anilines is 1. The van der Waals surface area contributed by atoms with E-state index in [9.17, 15) is 9.59 Å². The second-order valence-corrected chi connectivity index (χ2v) is 6.00. The van der Waals surface area contributed by atoms with Crippen molar-refractivity contribution in [1.29, 1.82) is 0 Å². The zero-order valence-electron chi connectivity index (χ0n) is 15.2. The number of ether oxygens (including phenoxy) is 1. The Morgan fingerprint density at radius 2 is 1.92 bits per heavy atom. The van der Waals surface area contributed by atoms with Gasteiger partial charge in [-0.25, -0.2) is 4.79 Å². The molecular formula is C19H23N3O3. The maximum absolute atomic E-state index is 11.9. The molecule has 0 unspecified atom stereocenters. The van der Waals surface area contributed by atoms with E-state index in [0.29, 0.717) is 5.69 Å². The average molecular weight is 341 g/mol. The van der Waals surface area contributed by atoms with Crippen molar-refractivity contribution in [3.05, 3.63) is 52.4 Å². The van der Waals surface area contributed by atoms with Crippen molar-refractivity contribution in [2.75, 3.05) is 11.9 Å². The number of aryl methyl sites for hydroxylation is 4. The number of aromatic nitrogens is 2. The maximum Gasteiger partial charge on any atom is 0.331 e. The van der Waals surface area contributed by atoms with Crippen LogP contribution in [0.3, 0.4) is 0 Å². The van der Waals surface area contributed by atoms with Gasteiger partial charge in [0.25, 0.3) is 5.91 Å². The molecule has 2 rings (SSSR count). The quantitative estimate of drug-likeness (QED) is 0.670. The summed E-state index contributed by atoms with van der Waals surface area (Å²) in [4.78, 5) is 23.7. The van der Waals surface area contributed by atoms with E-state index >= 15 is 0 Å². The molecule has 0 bridgehead atoms. The Morgan fingerprint density at radius 3 is 2.52 bits per heavy atom. The van der Waals surface area contributed by atoms with Crippen LogP contribution in [-0.4, -0.2) is 28.3 Å². The first-order valence-electron chi connectivity index (χ1n) is 8.00. The predicted octanol–water partition coefficient (Wildman–Crippen LogP) is 2.85. The van der Waals surface area contributed by atoms with Crippen molar-refractivity contribution in [2.45, 2.75) is 27.7 Å². The molecule has 132 valence electrons. The third-order valence-electron chi connectivity index (χ3n) is 4.09. The summed E-state index contributed by atoms with van der Waals surface area (Å²) in [6.45, 7) is 7.43. The van der Waals surface area contributed by atoms with Crippen molar-refractivity contribution in [1.82, 2.24) is 9.78 Å². The number of carbonyl (C=O) groups is 2. The summed E-state index contributed by atoms with van der Waals surface area (Å²) in [5.74, 6) is -0.948.